The van der Waals surface area contributed by atoms with Crippen LogP contribution in [0.15, 0.2) is 52.5 Å². The molecule has 0 aromatic heterocycles. The topological polar surface area (TPSA) is 114 Å². The second kappa shape index (κ2) is 7.67. The highest BCUT2D eigenvalue weighted by atomic mass is 32.2. The molecule has 2 aromatic carbocycles. The molecule has 2 N–H and O–H groups in total. The molecule has 0 heterocycles. The summed E-state index contributed by atoms with van der Waals surface area (Å²) in [6.45, 7) is 0. The van der Waals surface area contributed by atoms with Crippen LogP contribution in [0.4, 0.5) is 0 Å². The lowest BCUT2D eigenvalue weighted by molar-refractivity contribution is 0.0696. The fourth-order valence-corrected chi connectivity index (χ4v) is 2.99. The monoisotopic (exact) mass is 364 g/mol. The molecule has 0 amide bonds. The van der Waals surface area contributed by atoms with Crippen LogP contribution in [0.5, 0.6) is 11.5 Å². The molecular weight excluding hydrogens is 348 g/mol. The number of carboxylic acids is 1. The van der Waals surface area contributed by atoms with Crippen LogP contribution in [-0.2, 0) is 10.0 Å². The van der Waals surface area contributed by atoms with Crippen LogP contribution in [0.1, 0.15) is 15.9 Å². The Hall–Kier alpha value is -3.07. The lowest BCUT2D eigenvalue weighted by Gasteiger charge is -2.10. The maximum atomic E-state index is 12.4. The first-order valence-corrected chi connectivity index (χ1v) is 8.46. The van der Waals surface area contributed by atoms with Crippen LogP contribution in [0.3, 0.4) is 0 Å². The average Bonchev–Trinajstić information content (AvgIpc) is 2.61. The van der Waals surface area contributed by atoms with E-state index < -0.39 is 16.0 Å². The third-order valence-corrected chi connectivity index (χ3v) is 4.47. The van der Waals surface area contributed by atoms with E-state index in [0.29, 0.717) is 5.75 Å². The summed E-state index contributed by atoms with van der Waals surface area (Å²) in [5.74, 6) is -0.685. The van der Waals surface area contributed by atoms with Gasteiger partial charge in [0.2, 0.25) is 0 Å². The third-order valence-electron chi connectivity index (χ3n) is 3.23. The number of carboxylic acid groups (broad SMARTS) is 1. The second-order valence-corrected chi connectivity index (χ2v) is 6.39. The van der Waals surface area contributed by atoms with Gasteiger partial charge in [-0.25, -0.2) is 4.79 Å². The van der Waals surface area contributed by atoms with E-state index in [1.807, 2.05) is 4.83 Å². The zero-order valence-corrected chi connectivity index (χ0v) is 14.3. The zero-order chi connectivity index (χ0) is 18.4. The van der Waals surface area contributed by atoms with Gasteiger partial charge in [-0.2, -0.15) is 18.4 Å². The number of methoxy groups -OCH3 is 2. The Bertz CT molecular complexity index is 909. The maximum absolute atomic E-state index is 12.4. The zero-order valence-electron chi connectivity index (χ0n) is 13.5. The summed E-state index contributed by atoms with van der Waals surface area (Å²) in [6.07, 6.45) is 1.12. The molecule has 2 aromatic rings. The molecule has 0 radical (unpaired) electrons. The predicted octanol–water partition coefficient (Wildman–Crippen LogP) is 1.71. The SMILES string of the molecule is COc1ccc(OC)c(S(=O)(=O)N/N=C/c2ccccc2C(=O)O)c1. The van der Waals surface area contributed by atoms with Gasteiger partial charge in [-0.1, -0.05) is 18.2 Å². The summed E-state index contributed by atoms with van der Waals surface area (Å²) >= 11 is 0. The van der Waals surface area contributed by atoms with E-state index in [4.69, 9.17) is 14.6 Å². The first kappa shape index (κ1) is 18.3. The van der Waals surface area contributed by atoms with Gasteiger partial charge in [0.1, 0.15) is 16.4 Å². The summed E-state index contributed by atoms with van der Waals surface area (Å²) < 4.78 is 34.9. The summed E-state index contributed by atoms with van der Waals surface area (Å²) in [7, 11) is -1.29. The van der Waals surface area contributed by atoms with Gasteiger partial charge in [0.15, 0.2) is 0 Å². The standard InChI is InChI=1S/C16H16N2O6S/c1-23-12-7-8-14(24-2)15(9-12)25(21,22)18-17-10-11-5-3-4-6-13(11)16(19)20/h3-10,18H,1-2H3,(H,19,20)/b17-10+. The predicted molar refractivity (Wildman–Crippen MR) is 90.9 cm³/mol. The van der Waals surface area contributed by atoms with Crippen LogP contribution in [-0.4, -0.2) is 39.9 Å². The highest BCUT2D eigenvalue weighted by molar-refractivity contribution is 7.89. The molecule has 0 aliphatic heterocycles. The van der Waals surface area contributed by atoms with Gasteiger partial charge in [-0.15, -0.1) is 0 Å². The molecule has 0 aliphatic rings. The van der Waals surface area contributed by atoms with E-state index in [0.717, 1.165) is 6.21 Å². The molecule has 0 atom stereocenters. The number of benzene rings is 2. The molecule has 0 saturated carbocycles. The van der Waals surface area contributed by atoms with E-state index in [-0.39, 0.29) is 21.8 Å². The molecule has 0 unspecified atom stereocenters. The van der Waals surface area contributed by atoms with E-state index in [1.54, 1.807) is 18.2 Å². The van der Waals surface area contributed by atoms with E-state index in [1.165, 1.54) is 38.5 Å². The van der Waals surface area contributed by atoms with Crippen molar-refractivity contribution in [1.82, 2.24) is 4.83 Å². The molecular formula is C16H16N2O6S. The van der Waals surface area contributed by atoms with Crippen molar-refractivity contribution in [3.63, 3.8) is 0 Å². The summed E-state index contributed by atoms with van der Waals surface area (Å²) in [5, 5.41) is 12.7. The number of hydrogen-bond acceptors (Lipinski definition) is 6. The Morgan fingerprint density at radius 2 is 1.88 bits per heavy atom. The molecule has 0 saturated heterocycles. The van der Waals surface area contributed by atoms with Crippen molar-refractivity contribution >= 4 is 22.2 Å². The summed E-state index contributed by atoms with van der Waals surface area (Å²) in [5.41, 5.74) is 0.264. The van der Waals surface area contributed by atoms with Gasteiger partial charge in [0.05, 0.1) is 26.0 Å². The van der Waals surface area contributed by atoms with Gasteiger partial charge in [-0.05, 0) is 18.2 Å². The highest BCUT2D eigenvalue weighted by Crippen LogP contribution is 2.27. The van der Waals surface area contributed by atoms with Crippen molar-refractivity contribution < 1.29 is 27.8 Å². The fraction of sp³-hybridized carbons (Fsp3) is 0.125. The van der Waals surface area contributed by atoms with Crippen molar-refractivity contribution in [2.75, 3.05) is 14.2 Å². The Morgan fingerprint density at radius 3 is 2.52 bits per heavy atom. The van der Waals surface area contributed by atoms with Gasteiger partial charge >= 0.3 is 5.97 Å². The summed E-state index contributed by atoms with van der Waals surface area (Å²) in [4.78, 5) is 13.0. The number of aromatic carboxylic acids is 1. The molecule has 132 valence electrons. The molecule has 25 heavy (non-hydrogen) atoms. The van der Waals surface area contributed by atoms with Crippen molar-refractivity contribution in [3.8, 4) is 11.5 Å². The Morgan fingerprint density at radius 1 is 1.16 bits per heavy atom. The highest BCUT2D eigenvalue weighted by Gasteiger charge is 2.20. The minimum absolute atomic E-state index is 0.00408. The third kappa shape index (κ3) is 4.27. The molecule has 2 rings (SSSR count). The number of sulfonamides is 1. The van der Waals surface area contributed by atoms with Crippen LogP contribution < -0.4 is 14.3 Å². The van der Waals surface area contributed by atoms with Crippen LogP contribution in [0, 0.1) is 0 Å². The molecule has 0 aliphatic carbocycles. The van der Waals surface area contributed by atoms with E-state index >= 15 is 0 Å². The smallest absolute Gasteiger partial charge is 0.336 e. The van der Waals surface area contributed by atoms with Crippen molar-refractivity contribution in [2.24, 2.45) is 5.10 Å². The number of ether oxygens (including phenoxy) is 2. The lowest BCUT2D eigenvalue weighted by atomic mass is 10.1. The fourth-order valence-electron chi connectivity index (χ4n) is 2.01. The average molecular weight is 364 g/mol. The van der Waals surface area contributed by atoms with Crippen LogP contribution >= 0.6 is 0 Å². The Labute approximate surface area is 144 Å². The van der Waals surface area contributed by atoms with Gasteiger partial charge < -0.3 is 14.6 Å². The minimum Gasteiger partial charge on any atom is -0.497 e. The van der Waals surface area contributed by atoms with Crippen molar-refractivity contribution in [1.29, 1.82) is 0 Å². The number of nitrogens with zero attached hydrogens (tertiary/aromatic N) is 1. The van der Waals surface area contributed by atoms with Gasteiger partial charge in [0.25, 0.3) is 10.0 Å². The lowest BCUT2D eigenvalue weighted by Crippen LogP contribution is -2.19. The number of hydrazone groups is 1. The van der Waals surface area contributed by atoms with Crippen LogP contribution in [0.25, 0.3) is 0 Å². The van der Waals surface area contributed by atoms with Gasteiger partial charge in [-0.3, -0.25) is 0 Å². The molecule has 0 spiro atoms. The number of rotatable bonds is 7. The Balaban J connectivity index is 2.30. The number of nitrogens with one attached hydrogen (secondary N) is 1. The normalized spacial score (nSPS) is 11.3. The maximum Gasteiger partial charge on any atom is 0.336 e. The first-order chi connectivity index (χ1) is 11.9. The van der Waals surface area contributed by atoms with Crippen molar-refractivity contribution in [2.45, 2.75) is 4.90 Å². The largest absolute Gasteiger partial charge is 0.497 e. The second-order valence-electron chi connectivity index (χ2n) is 4.76. The number of carbonyl (C=O) groups is 1. The van der Waals surface area contributed by atoms with E-state index in [9.17, 15) is 13.2 Å². The Kier molecular flexibility index (Phi) is 5.60. The molecule has 0 bridgehead atoms. The van der Waals surface area contributed by atoms with Crippen molar-refractivity contribution in [3.05, 3.63) is 53.6 Å². The minimum atomic E-state index is -4.04. The summed E-state index contributed by atoms with van der Waals surface area (Å²) in [6, 6.07) is 10.4. The molecule has 0 fully saturated rings. The number of hydrogen-bond donors (Lipinski definition) is 2. The van der Waals surface area contributed by atoms with E-state index in [2.05, 4.69) is 5.10 Å². The first-order valence-electron chi connectivity index (χ1n) is 6.98. The van der Waals surface area contributed by atoms with Crippen LogP contribution in [0.2, 0.25) is 0 Å². The van der Waals surface area contributed by atoms with Gasteiger partial charge in [0, 0.05) is 11.6 Å². The molecule has 8 nitrogen and oxygen atoms in total. The quantitative estimate of drug-likeness (QED) is 0.571. The molecule has 9 heteroatoms.